The monoisotopic (exact) mass is 248 g/mol. The van der Waals surface area contributed by atoms with Crippen molar-refractivity contribution in [3.05, 3.63) is 35.4 Å². The molecular formula is C16H28N2. The molecule has 0 amide bonds. The summed E-state index contributed by atoms with van der Waals surface area (Å²) in [6, 6.07) is 8.81. The van der Waals surface area contributed by atoms with Gasteiger partial charge < -0.3 is 11.5 Å². The molecule has 0 radical (unpaired) electrons. The van der Waals surface area contributed by atoms with E-state index in [1.165, 1.54) is 17.5 Å². The Morgan fingerprint density at radius 1 is 1.11 bits per heavy atom. The van der Waals surface area contributed by atoms with Crippen LogP contribution in [0.3, 0.4) is 0 Å². The van der Waals surface area contributed by atoms with Crippen LogP contribution < -0.4 is 11.5 Å². The smallest absolute Gasteiger partial charge is 0.0347 e. The maximum Gasteiger partial charge on any atom is 0.0347 e. The SMILES string of the molecule is CCC(C)c1ccc(C(N)C(C)(C)CCN)cc1. The predicted octanol–water partition coefficient (Wildman–Crippen LogP) is 3.57. The van der Waals surface area contributed by atoms with Gasteiger partial charge in [-0.25, -0.2) is 0 Å². The average molecular weight is 248 g/mol. The normalized spacial score (nSPS) is 15.4. The Kier molecular flexibility index (Phi) is 5.36. The third kappa shape index (κ3) is 3.56. The lowest BCUT2D eigenvalue weighted by Crippen LogP contribution is -2.31. The van der Waals surface area contributed by atoms with Gasteiger partial charge >= 0.3 is 0 Å². The zero-order valence-electron chi connectivity index (χ0n) is 12.2. The minimum Gasteiger partial charge on any atom is -0.330 e. The van der Waals surface area contributed by atoms with Crippen molar-refractivity contribution in [3.8, 4) is 0 Å². The van der Waals surface area contributed by atoms with Gasteiger partial charge in [0.25, 0.3) is 0 Å². The number of benzene rings is 1. The lowest BCUT2D eigenvalue weighted by atomic mass is 9.78. The lowest BCUT2D eigenvalue weighted by molar-refractivity contribution is 0.271. The molecule has 2 nitrogen and oxygen atoms in total. The predicted molar refractivity (Wildman–Crippen MR) is 79.5 cm³/mol. The van der Waals surface area contributed by atoms with E-state index in [1.807, 2.05) is 0 Å². The van der Waals surface area contributed by atoms with Crippen molar-refractivity contribution in [2.24, 2.45) is 16.9 Å². The highest BCUT2D eigenvalue weighted by atomic mass is 14.7. The molecule has 102 valence electrons. The van der Waals surface area contributed by atoms with E-state index >= 15 is 0 Å². The molecule has 0 aromatic heterocycles. The third-order valence-electron chi connectivity index (χ3n) is 4.11. The molecule has 2 unspecified atom stereocenters. The van der Waals surface area contributed by atoms with Crippen molar-refractivity contribution in [1.82, 2.24) is 0 Å². The summed E-state index contributed by atoms with van der Waals surface area (Å²) in [5.41, 5.74) is 14.7. The molecule has 4 N–H and O–H groups in total. The number of hydrogen-bond acceptors (Lipinski definition) is 2. The molecule has 1 aromatic carbocycles. The van der Waals surface area contributed by atoms with E-state index in [1.54, 1.807) is 0 Å². The van der Waals surface area contributed by atoms with Gasteiger partial charge in [-0.2, -0.15) is 0 Å². The second-order valence-corrected chi connectivity index (χ2v) is 5.98. The number of nitrogens with two attached hydrogens (primary N) is 2. The Balaban J connectivity index is 2.85. The maximum absolute atomic E-state index is 6.36. The molecule has 0 saturated carbocycles. The van der Waals surface area contributed by atoms with Crippen LogP contribution in [0.5, 0.6) is 0 Å². The summed E-state index contributed by atoms with van der Waals surface area (Å²) >= 11 is 0. The Morgan fingerprint density at radius 3 is 2.06 bits per heavy atom. The molecule has 2 atom stereocenters. The van der Waals surface area contributed by atoms with E-state index in [9.17, 15) is 0 Å². The van der Waals surface area contributed by atoms with Gasteiger partial charge in [0.15, 0.2) is 0 Å². The van der Waals surface area contributed by atoms with Crippen molar-refractivity contribution in [1.29, 1.82) is 0 Å². The molecule has 0 spiro atoms. The van der Waals surface area contributed by atoms with Crippen LogP contribution in [-0.4, -0.2) is 6.54 Å². The third-order valence-corrected chi connectivity index (χ3v) is 4.11. The topological polar surface area (TPSA) is 52.0 Å². The van der Waals surface area contributed by atoms with E-state index in [2.05, 4.69) is 52.0 Å². The van der Waals surface area contributed by atoms with E-state index in [0.717, 1.165) is 6.42 Å². The fraction of sp³-hybridized carbons (Fsp3) is 0.625. The first-order valence-corrected chi connectivity index (χ1v) is 6.98. The quantitative estimate of drug-likeness (QED) is 0.808. The summed E-state index contributed by atoms with van der Waals surface area (Å²) in [6.07, 6.45) is 2.12. The Bertz CT molecular complexity index is 354. The lowest BCUT2D eigenvalue weighted by Gasteiger charge is -2.31. The Labute approximate surface area is 112 Å². The van der Waals surface area contributed by atoms with Crippen LogP contribution in [0.2, 0.25) is 0 Å². The number of rotatable bonds is 6. The number of hydrogen-bond donors (Lipinski definition) is 2. The van der Waals surface area contributed by atoms with Crippen LogP contribution in [-0.2, 0) is 0 Å². The van der Waals surface area contributed by atoms with Gasteiger partial charge in [-0.15, -0.1) is 0 Å². The molecule has 0 bridgehead atoms. The minimum absolute atomic E-state index is 0.0482. The van der Waals surface area contributed by atoms with Crippen LogP contribution in [0.25, 0.3) is 0 Å². The average Bonchev–Trinajstić information content (AvgIpc) is 2.37. The highest BCUT2D eigenvalue weighted by Gasteiger charge is 2.26. The van der Waals surface area contributed by atoms with Crippen molar-refractivity contribution in [3.63, 3.8) is 0 Å². The van der Waals surface area contributed by atoms with Crippen molar-refractivity contribution in [2.45, 2.75) is 52.5 Å². The molecule has 0 heterocycles. The summed E-state index contributed by atoms with van der Waals surface area (Å²) in [6.45, 7) is 9.54. The van der Waals surface area contributed by atoms with Gasteiger partial charge in [0.05, 0.1) is 0 Å². The summed E-state index contributed by atoms with van der Waals surface area (Å²) < 4.78 is 0. The zero-order valence-corrected chi connectivity index (χ0v) is 12.2. The molecule has 0 saturated heterocycles. The van der Waals surface area contributed by atoms with Gasteiger partial charge in [-0.1, -0.05) is 52.0 Å². The molecule has 0 aliphatic heterocycles. The molecule has 1 rings (SSSR count). The molecule has 0 aliphatic carbocycles. The van der Waals surface area contributed by atoms with E-state index in [0.29, 0.717) is 12.5 Å². The first kappa shape index (κ1) is 15.2. The Hall–Kier alpha value is -0.860. The van der Waals surface area contributed by atoms with Crippen molar-refractivity contribution >= 4 is 0 Å². The van der Waals surface area contributed by atoms with E-state index in [-0.39, 0.29) is 11.5 Å². The summed E-state index contributed by atoms with van der Waals surface area (Å²) in [5.74, 6) is 0.618. The van der Waals surface area contributed by atoms with E-state index < -0.39 is 0 Å². The minimum atomic E-state index is 0.0482. The molecule has 1 aromatic rings. The van der Waals surface area contributed by atoms with Crippen molar-refractivity contribution < 1.29 is 0 Å². The molecular weight excluding hydrogens is 220 g/mol. The molecule has 0 fully saturated rings. The van der Waals surface area contributed by atoms with Crippen LogP contribution >= 0.6 is 0 Å². The van der Waals surface area contributed by atoms with Crippen molar-refractivity contribution in [2.75, 3.05) is 6.54 Å². The van der Waals surface area contributed by atoms with Crippen LogP contribution in [0.15, 0.2) is 24.3 Å². The molecule has 0 aliphatic rings. The van der Waals surface area contributed by atoms with E-state index in [4.69, 9.17) is 11.5 Å². The maximum atomic E-state index is 6.36. The van der Waals surface area contributed by atoms with Gasteiger partial charge in [0.2, 0.25) is 0 Å². The fourth-order valence-corrected chi connectivity index (χ4v) is 2.25. The summed E-state index contributed by atoms with van der Waals surface area (Å²) in [7, 11) is 0. The largest absolute Gasteiger partial charge is 0.330 e. The van der Waals surface area contributed by atoms with Crippen LogP contribution in [0.4, 0.5) is 0 Å². The highest BCUT2D eigenvalue weighted by molar-refractivity contribution is 5.28. The van der Waals surface area contributed by atoms with Crippen LogP contribution in [0, 0.1) is 5.41 Å². The Morgan fingerprint density at radius 2 is 1.61 bits per heavy atom. The first-order chi connectivity index (χ1) is 8.42. The van der Waals surface area contributed by atoms with Gasteiger partial charge in [0.1, 0.15) is 0 Å². The van der Waals surface area contributed by atoms with Gasteiger partial charge in [-0.3, -0.25) is 0 Å². The fourth-order valence-electron chi connectivity index (χ4n) is 2.25. The van der Waals surface area contributed by atoms with Crippen LogP contribution in [0.1, 0.15) is 63.6 Å². The zero-order chi connectivity index (χ0) is 13.8. The summed E-state index contributed by atoms with van der Waals surface area (Å²) in [5, 5.41) is 0. The first-order valence-electron chi connectivity index (χ1n) is 6.98. The molecule has 2 heteroatoms. The second kappa shape index (κ2) is 6.35. The molecule has 18 heavy (non-hydrogen) atoms. The second-order valence-electron chi connectivity index (χ2n) is 5.98. The van der Waals surface area contributed by atoms with Gasteiger partial charge in [0, 0.05) is 6.04 Å². The highest BCUT2D eigenvalue weighted by Crippen LogP contribution is 2.34. The summed E-state index contributed by atoms with van der Waals surface area (Å²) in [4.78, 5) is 0. The van der Waals surface area contributed by atoms with Gasteiger partial charge in [-0.05, 0) is 41.8 Å². The standard InChI is InChI=1S/C16H28N2/c1-5-12(2)13-6-8-14(9-7-13)15(18)16(3,4)10-11-17/h6-9,12,15H,5,10-11,17-18H2,1-4H3.